The molecule has 3 aromatic rings. The van der Waals surface area contributed by atoms with Crippen molar-refractivity contribution in [2.75, 3.05) is 5.32 Å². The molecule has 5 nitrogen and oxygen atoms in total. The van der Waals surface area contributed by atoms with Gasteiger partial charge >= 0.3 is 6.18 Å². The van der Waals surface area contributed by atoms with Gasteiger partial charge in [-0.3, -0.25) is 15.1 Å². The summed E-state index contributed by atoms with van der Waals surface area (Å²) in [5.41, 5.74) is -1.11. The van der Waals surface area contributed by atoms with E-state index in [0.717, 1.165) is 18.3 Å². The number of amides is 1. The lowest BCUT2D eigenvalue weighted by molar-refractivity contribution is -0.141. The van der Waals surface area contributed by atoms with Crippen molar-refractivity contribution in [1.82, 2.24) is 14.5 Å². The molecule has 24 heavy (non-hydrogen) atoms. The maximum atomic E-state index is 13.2. The molecule has 9 heteroatoms. The minimum atomic E-state index is -4.76. The van der Waals surface area contributed by atoms with Gasteiger partial charge in [-0.15, -0.1) is 0 Å². The van der Waals surface area contributed by atoms with Crippen LogP contribution >= 0.6 is 0 Å². The SMILES string of the molecule is Cn1c(NC(=O)c2cccnc2C(F)(F)F)nc2cc(F)ccc21. The van der Waals surface area contributed by atoms with E-state index in [0.29, 0.717) is 5.52 Å². The van der Waals surface area contributed by atoms with Gasteiger partial charge in [0.2, 0.25) is 5.95 Å². The van der Waals surface area contributed by atoms with E-state index in [1.54, 1.807) is 7.05 Å². The summed E-state index contributed by atoms with van der Waals surface area (Å²) in [5.74, 6) is -1.52. The number of nitrogens with one attached hydrogen (secondary N) is 1. The average Bonchev–Trinajstić information content (AvgIpc) is 2.82. The van der Waals surface area contributed by atoms with Gasteiger partial charge in [0.25, 0.3) is 5.91 Å². The van der Waals surface area contributed by atoms with E-state index in [1.165, 1.54) is 22.8 Å². The zero-order valence-corrected chi connectivity index (χ0v) is 12.2. The Morgan fingerprint density at radius 1 is 1.25 bits per heavy atom. The summed E-state index contributed by atoms with van der Waals surface area (Å²) in [6.45, 7) is 0. The standard InChI is InChI=1S/C15H10F4N4O/c1-23-11-5-4-8(16)7-10(11)21-14(23)22-13(24)9-3-2-6-20-12(9)15(17,18)19/h2-7H,1H3,(H,21,22,24). The van der Waals surface area contributed by atoms with E-state index in [1.807, 2.05) is 0 Å². The lowest BCUT2D eigenvalue weighted by Crippen LogP contribution is -2.21. The van der Waals surface area contributed by atoms with Crippen molar-refractivity contribution in [2.45, 2.75) is 6.18 Å². The minimum absolute atomic E-state index is 0.00224. The van der Waals surface area contributed by atoms with E-state index in [9.17, 15) is 22.4 Å². The number of imidazole rings is 1. The van der Waals surface area contributed by atoms with Crippen LogP contribution in [0, 0.1) is 5.82 Å². The summed E-state index contributed by atoms with van der Waals surface area (Å²) in [6, 6.07) is 6.09. The molecule has 1 N–H and O–H groups in total. The average molecular weight is 338 g/mol. The number of aryl methyl sites for hydroxylation is 1. The van der Waals surface area contributed by atoms with Crippen LogP contribution in [0.5, 0.6) is 0 Å². The molecule has 0 spiro atoms. The molecule has 0 atom stereocenters. The van der Waals surface area contributed by atoms with Crippen molar-refractivity contribution in [3.8, 4) is 0 Å². The number of fused-ring (bicyclic) bond motifs is 1. The van der Waals surface area contributed by atoms with Gasteiger partial charge in [0, 0.05) is 19.3 Å². The highest BCUT2D eigenvalue weighted by Crippen LogP contribution is 2.30. The number of anilines is 1. The molecular weight excluding hydrogens is 328 g/mol. The molecule has 1 amide bonds. The molecular formula is C15H10F4N4O. The molecule has 0 fully saturated rings. The Hall–Kier alpha value is -2.97. The fourth-order valence-corrected chi connectivity index (χ4v) is 2.27. The Bertz CT molecular complexity index is 933. The van der Waals surface area contributed by atoms with Gasteiger partial charge in [0.05, 0.1) is 16.6 Å². The quantitative estimate of drug-likeness (QED) is 0.729. The molecule has 124 valence electrons. The molecule has 0 aliphatic carbocycles. The van der Waals surface area contributed by atoms with Crippen LogP contribution in [0.3, 0.4) is 0 Å². The molecule has 0 saturated carbocycles. The fraction of sp³-hybridized carbons (Fsp3) is 0.133. The Morgan fingerprint density at radius 2 is 2.00 bits per heavy atom. The van der Waals surface area contributed by atoms with E-state index >= 15 is 0 Å². The maximum Gasteiger partial charge on any atom is 0.434 e. The van der Waals surface area contributed by atoms with Gasteiger partial charge in [-0.25, -0.2) is 9.37 Å². The smallest absolute Gasteiger partial charge is 0.313 e. The van der Waals surface area contributed by atoms with Gasteiger partial charge in [-0.2, -0.15) is 13.2 Å². The van der Waals surface area contributed by atoms with Crippen molar-refractivity contribution >= 4 is 22.9 Å². The van der Waals surface area contributed by atoms with E-state index < -0.39 is 29.2 Å². The molecule has 0 saturated heterocycles. The first-order valence-electron chi connectivity index (χ1n) is 6.73. The summed E-state index contributed by atoms with van der Waals surface area (Å²) in [4.78, 5) is 19.4. The van der Waals surface area contributed by atoms with Gasteiger partial charge in [0.1, 0.15) is 5.82 Å². The number of hydrogen-bond acceptors (Lipinski definition) is 3. The highest BCUT2D eigenvalue weighted by molar-refractivity contribution is 6.05. The minimum Gasteiger partial charge on any atom is -0.313 e. The Balaban J connectivity index is 1.98. The number of carbonyl (C=O) groups excluding carboxylic acids is 1. The van der Waals surface area contributed by atoms with Crippen molar-refractivity contribution < 1.29 is 22.4 Å². The molecule has 0 unspecified atom stereocenters. The van der Waals surface area contributed by atoms with Crippen molar-refractivity contribution in [1.29, 1.82) is 0 Å². The fourth-order valence-electron chi connectivity index (χ4n) is 2.27. The second kappa shape index (κ2) is 5.59. The predicted octanol–water partition coefficient (Wildman–Crippen LogP) is 3.38. The second-order valence-electron chi connectivity index (χ2n) is 4.98. The van der Waals surface area contributed by atoms with Crippen molar-refractivity contribution in [3.05, 3.63) is 53.6 Å². The third kappa shape index (κ3) is 2.80. The summed E-state index contributed by atoms with van der Waals surface area (Å²) < 4.78 is 53.5. The first kappa shape index (κ1) is 15.9. The second-order valence-corrected chi connectivity index (χ2v) is 4.98. The van der Waals surface area contributed by atoms with Crippen LogP contribution in [0.15, 0.2) is 36.5 Å². The van der Waals surface area contributed by atoms with Crippen LogP contribution in [0.25, 0.3) is 11.0 Å². The zero-order valence-electron chi connectivity index (χ0n) is 12.2. The third-order valence-electron chi connectivity index (χ3n) is 3.39. The molecule has 0 aliphatic rings. The Labute approximate surface area is 132 Å². The van der Waals surface area contributed by atoms with Crippen LogP contribution in [-0.4, -0.2) is 20.4 Å². The van der Waals surface area contributed by atoms with Crippen LogP contribution in [0.1, 0.15) is 16.1 Å². The molecule has 1 aromatic carbocycles. The molecule has 0 aliphatic heterocycles. The summed E-state index contributed by atoms with van der Waals surface area (Å²) in [6.07, 6.45) is -3.80. The van der Waals surface area contributed by atoms with Crippen molar-refractivity contribution in [3.63, 3.8) is 0 Å². The van der Waals surface area contributed by atoms with Crippen LogP contribution in [0.2, 0.25) is 0 Å². The van der Waals surface area contributed by atoms with Crippen LogP contribution < -0.4 is 5.32 Å². The molecule has 0 radical (unpaired) electrons. The number of rotatable bonds is 2. The lowest BCUT2D eigenvalue weighted by Gasteiger charge is -2.11. The number of halogens is 4. The lowest BCUT2D eigenvalue weighted by atomic mass is 10.1. The highest BCUT2D eigenvalue weighted by Gasteiger charge is 2.37. The number of benzene rings is 1. The van der Waals surface area contributed by atoms with E-state index in [2.05, 4.69) is 15.3 Å². The highest BCUT2D eigenvalue weighted by atomic mass is 19.4. The number of hydrogen-bond donors (Lipinski definition) is 1. The first-order chi connectivity index (χ1) is 11.3. The van der Waals surface area contributed by atoms with E-state index in [4.69, 9.17) is 0 Å². The van der Waals surface area contributed by atoms with Gasteiger partial charge in [0.15, 0.2) is 5.69 Å². The molecule has 0 bridgehead atoms. The number of aromatic nitrogens is 3. The topological polar surface area (TPSA) is 59.8 Å². The molecule has 2 heterocycles. The van der Waals surface area contributed by atoms with Crippen LogP contribution in [-0.2, 0) is 13.2 Å². The van der Waals surface area contributed by atoms with E-state index in [-0.39, 0.29) is 11.5 Å². The van der Waals surface area contributed by atoms with Crippen LogP contribution in [0.4, 0.5) is 23.5 Å². The summed E-state index contributed by atoms with van der Waals surface area (Å²) in [5, 5.41) is 2.30. The Kier molecular flexibility index (Phi) is 3.70. The molecule has 3 rings (SSSR count). The summed E-state index contributed by atoms with van der Waals surface area (Å²) >= 11 is 0. The van der Waals surface area contributed by atoms with Crippen molar-refractivity contribution in [2.24, 2.45) is 7.05 Å². The first-order valence-corrected chi connectivity index (χ1v) is 6.73. The van der Waals surface area contributed by atoms with Gasteiger partial charge in [-0.05, 0) is 24.3 Å². The maximum absolute atomic E-state index is 13.2. The predicted molar refractivity (Wildman–Crippen MR) is 77.9 cm³/mol. The zero-order chi connectivity index (χ0) is 17.5. The number of nitrogens with zero attached hydrogens (tertiary/aromatic N) is 3. The van der Waals surface area contributed by atoms with Gasteiger partial charge < -0.3 is 4.57 Å². The van der Waals surface area contributed by atoms with Gasteiger partial charge in [-0.1, -0.05) is 0 Å². The number of pyridine rings is 1. The third-order valence-corrected chi connectivity index (χ3v) is 3.39. The summed E-state index contributed by atoms with van der Waals surface area (Å²) in [7, 11) is 1.55. The largest absolute Gasteiger partial charge is 0.434 e. The number of alkyl halides is 3. The number of carbonyl (C=O) groups is 1. The monoisotopic (exact) mass is 338 g/mol. The molecule has 2 aromatic heterocycles. The normalized spacial score (nSPS) is 11.7. The Morgan fingerprint density at radius 3 is 2.71 bits per heavy atom.